The van der Waals surface area contributed by atoms with Gasteiger partial charge in [-0.3, -0.25) is 0 Å². The van der Waals surface area contributed by atoms with Crippen molar-refractivity contribution >= 4 is 33.0 Å². The van der Waals surface area contributed by atoms with Crippen LogP contribution in [0, 0.1) is 13.8 Å². The first-order chi connectivity index (χ1) is 8.06. The molecule has 0 spiro atoms. The summed E-state index contributed by atoms with van der Waals surface area (Å²) in [4.78, 5) is 3.67. The van der Waals surface area contributed by atoms with Gasteiger partial charge in [0.15, 0.2) is 0 Å². The van der Waals surface area contributed by atoms with Crippen LogP contribution >= 0.6 is 27.3 Å². The van der Waals surface area contributed by atoms with E-state index in [0.29, 0.717) is 0 Å². The Bertz CT molecular complexity index is 519. The SMILES string of the molecule is Cc1ccc(N(C)Cc2ccc(Br)s2)c(C)c1. The first-order valence-electron chi connectivity index (χ1n) is 5.59. The van der Waals surface area contributed by atoms with Crippen LogP contribution in [0.25, 0.3) is 0 Å². The van der Waals surface area contributed by atoms with Crippen LogP contribution in [0.2, 0.25) is 0 Å². The molecule has 0 fully saturated rings. The van der Waals surface area contributed by atoms with Crippen LogP contribution in [0.3, 0.4) is 0 Å². The number of halogens is 1. The van der Waals surface area contributed by atoms with Gasteiger partial charge < -0.3 is 4.90 Å². The maximum Gasteiger partial charge on any atom is 0.0702 e. The number of nitrogens with zero attached hydrogens (tertiary/aromatic N) is 1. The molecule has 0 aliphatic heterocycles. The number of hydrogen-bond donors (Lipinski definition) is 0. The van der Waals surface area contributed by atoms with E-state index in [1.807, 2.05) is 0 Å². The highest BCUT2D eigenvalue weighted by Crippen LogP contribution is 2.26. The highest BCUT2D eigenvalue weighted by atomic mass is 79.9. The van der Waals surface area contributed by atoms with Crippen molar-refractivity contribution in [1.29, 1.82) is 0 Å². The molecule has 17 heavy (non-hydrogen) atoms. The maximum absolute atomic E-state index is 3.50. The molecule has 2 rings (SSSR count). The number of anilines is 1. The van der Waals surface area contributed by atoms with E-state index in [9.17, 15) is 0 Å². The summed E-state index contributed by atoms with van der Waals surface area (Å²) in [6.07, 6.45) is 0. The van der Waals surface area contributed by atoms with Crippen molar-refractivity contribution in [2.24, 2.45) is 0 Å². The third-order valence-electron chi connectivity index (χ3n) is 2.79. The smallest absolute Gasteiger partial charge is 0.0702 e. The van der Waals surface area contributed by atoms with Gasteiger partial charge in [-0.1, -0.05) is 17.7 Å². The molecule has 0 aliphatic carbocycles. The molecule has 90 valence electrons. The van der Waals surface area contributed by atoms with Crippen LogP contribution in [-0.2, 0) is 6.54 Å². The van der Waals surface area contributed by atoms with Crippen molar-refractivity contribution < 1.29 is 0 Å². The lowest BCUT2D eigenvalue weighted by atomic mass is 10.1. The zero-order valence-corrected chi connectivity index (χ0v) is 12.7. The second-order valence-electron chi connectivity index (χ2n) is 4.35. The molecule has 0 amide bonds. The van der Waals surface area contributed by atoms with E-state index in [1.165, 1.54) is 25.5 Å². The summed E-state index contributed by atoms with van der Waals surface area (Å²) in [6, 6.07) is 10.9. The molecule has 0 saturated heterocycles. The molecule has 1 nitrogen and oxygen atoms in total. The van der Waals surface area contributed by atoms with Crippen LogP contribution in [-0.4, -0.2) is 7.05 Å². The first kappa shape index (κ1) is 12.7. The Kier molecular flexibility index (Phi) is 3.89. The van der Waals surface area contributed by atoms with Gasteiger partial charge in [0.25, 0.3) is 0 Å². The molecule has 3 heteroatoms. The Balaban J connectivity index is 2.17. The molecule has 0 N–H and O–H groups in total. The maximum atomic E-state index is 3.50. The Labute approximate surface area is 115 Å². The van der Waals surface area contributed by atoms with E-state index in [1.54, 1.807) is 11.3 Å². The minimum absolute atomic E-state index is 0.958. The van der Waals surface area contributed by atoms with Gasteiger partial charge in [0.1, 0.15) is 0 Å². The fourth-order valence-electron chi connectivity index (χ4n) is 1.99. The standard InChI is InChI=1S/C14H16BrNS/c1-10-4-6-13(11(2)8-10)16(3)9-12-5-7-14(15)17-12/h4-8H,9H2,1-3H3. The predicted octanol–water partition coefficient (Wildman–Crippen LogP) is 4.76. The molecule has 2 aromatic rings. The quantitative estimate of drug-likeness (QED) is 0.790. The van der Waals surface area contributed by atoms with E-state index in [0.717, 1.165) is 6.54 Å². The Hall–Kier alpha value is -0.800. The van der Waals surface area contributed by atoms with Crippen LogP contribution in [0.15, 0.2) is 34.1 Å². The second kappa shape index (κ2) is 5.23. The fraction of sp³-hybridized carbons (Fsp3) is 0.286. The third kappa shape index (κ3) is 3.11. The zero-order chi connectivity index (χ0) is 12.4. The summed E-state index contributed by atoms with van der Waals surface area (Å²) >= 11 is 5.30. The Morgan fingerprint density at radius 3 is 2.53 bits per heavy atom. The average Bonchev–Trinajstić information content (AvgIpc) is 2.63. The fourth-order valence-corrected chi connectivity index (χ4v) is 3.53. The van der Waals surface area contributed by atoms with Crippen LogP contribution < -0.4 is 4.90 Å². The molecule has 0 unspecified atom stereocenters. The van der Waals surface area contributed by atoms with E-state index < -0.39 is 0 Å². The van der Waals surface area contributed by atoms with Crippen LogP contribution in [0.1, 0.15) is 16.0 Å². The van der Waals surface area contributed by atoms with Crippen molar-refractivity contribution in [2.75, 3.05) is 11.9 Å². The number of aryl methyl sites for hydroxylation is 2. The monoisotopic (exact) mass is 309 g/mol. The Morgan fingerprint density at radius 2 is 1.94 bits per heavy atom. The van der Waals surface area contributed by atoms with E-state index >= 15 is 0 Å². The summed E-state index contributed by atoms with van der Waals surface area (Å²) in [6.45, 7) is 5.26. The first-order valence-corrected chi connectivity index (χ1v) is 7.20. The van der Waals surface area contributed by atoms with Gasteiger partial charge in [-0.25, -0.2) is 0 Å². The predicted molar refractivity (Wildman–Crippen MR) is 80.0 cm³/mol. The lowest BCUT2D eigenvalue weighted by Gasteiger charge is -2.21. The van der Waals surface area contributed by atoms with Gasteiger partial charge >= 0.3 is 0 Å². The topological polar surface area (TPSA) is 3.24 Å². The lowest BCUT2D eigenvalue weighted by molar-refractivity contribution is 0.933. The highest BCUT2D eigenvalue weighted by molar-refractivity contribution is 9.11. The van der Waals surface area contributed by atoms with Crippen molar-refractivity contribution in [3.05, 3.63) is 50.1 Å². The van der Waals surface area contributed by atoms with Gasteiger partial charge in [-0.05, 0) is 53.5 Å². The zero-order valence-electron chi connectivity index (χ0n) is 10.3. The van der Waals surface area contributed by atoms with Crippen molar-refractivity contribution in [2.45, 2.75) is 20.4 Å². The van der Waals surface area contributed by atoms with E-state index in [2.05, 4.69) is 72.1 Å². The summed E-state index contributed by atoms with van der Waals surface area (Å²) < 4.78 is 1.20. The van der Waals surface area contributed by atoms with Gasteiger partial charge in [0, 0.05) is 17.6 Å². The molecule has 0 saturated carbocycles. The number of rotatable bonds is 3. The highest BCUT2D eigenvalue weighted by Gasteiger charge is 2.06. The average molecular weight is 310 g/mol. The van der Waals surface area contributed by atoms with Crippen molar-refractivity contribution in [3.63, 3.8) is 0 Å². The number of benzene rings is 1. The van der Waals surface area contributed by atoms with Crippen molar-refractivity contribution in [3.8, 4) is 0 Å². The van der Waals surface area contributed by atoms with Gasteiger partial charge in [-0.2, -0.15) is 0 Å². The molecule has 0 atom stereocenters. The van der Waals surface area contributed by atoms with Crippen LogP contribution in [0.4, 0.5) is 5.69 Å². The molecule has 1 heterocycles. The van der Waals surface area contributed by atoms with E-state index in [4.69, 9.17) is 0 Å². The molecule has 1 aromatic carbocycles. The van der Waals surface area contributed by atoms with Crippen molar-refractivity contribution in [1.82, 2.24) is 0 Å². The molecular weight excluding hydrogens is 294 g/mol. The number of thiophene rings is 1. The molecular formula is C14H16BrNS. The third-order valence-corrected chi connectivity index (χ3v) is 4.39. The van der Waals surface area contributed by atoms with Gasteiger partial charge in [0.2, 0.25) is 0 Å². The molecule has 0 bridgehead atoms. The number of hydrogen-bond acceptors (Lipinski definition) is 2. The summed E-state index contributed by atoms with van der Waals surface area (Å²) in [5, 5.41) is 0. The lowest BCUT2D eigenvalue weighted by Crippen LogP contribution is -2.16. The second-order valence-corrected chi connectivity index (χ2v) is 6.90. The summed E-state index contributed by atoms with van der Waals surface area (Å²) in [5.74, 6) is 0. The Morgan fingerprint density at radius 1 is 1.18 bits per heavy atom. The van der Waals surface area contributed by atoms with Gasteiger partial charge in [0.05, 0.1) is 10.3 Å². The van der Waals surface area contributed by atoms with E-state index in [-0.39, 0.29) is 0 Å². The van der Waals surface area contributed by atoms with Crippen LogP contribution in [0.5, 0.6) is 0 Å². The summed E-state index contributed by atoms with van der Waals surface area (Å²) in [7, 11) is 2.14. The largest absolute Gasteiger partial charge is 0.369 e. The van der Waals surface area contributed by atoms with Gasteiger partial charge in [-0.15, -0.1) is 11.3 Å². The molecule has 0 radical (unpaired) electrons. The minimum atomic E-state index is 0.958. The summed E-state index contributed by atoms with van der Waals surface area (Å²) in [5.41, 5.74) is 3.96. The minimum Gasteiger partial charge on any atom is -0.369 e. The molecule has 1 aromatic heterocycles. The molecule has 0 aliphatic rings. The normalized spacial score (nSPS) is 10.6.